The van der Waals surface area contributed by atoms with Crippen molar-refractivity contribution < 1.29 is 14.6 Å². The molecule has 0 spiro atoms. The van der Waals surface area contributed by atoms with Crippen molar-refractivity contribution >= 4 is 17.6 Å². The highest BCUT2D eigenvalue weighted by molar-refractivity contribution is 6.19. The molecule has 2 atom stereocenters. The van der Waals surface area contributed by atoms with Gasteiger partial charge >= 0.3 is 5.97 Å². The number of hydrogen-bond acceptors (Lipinski definition) is 3. The van der Waals surface area contributed by atoms with Crippen LogP contribution in [-0.4, -0.2) is 16.6 Å². The van der Waals surface area contributed by atoms with Crippen LogP contribution in [0.3, 0.4) is 0 Å². The lowest BCUT2D eigenvalue weighted by atomic mass is 10.1. The van der Waals surface area contributed by atoms with Gasteiger partial charge < -0.3 is 9.84 Å². The van der Waals surface area contributed by atoms with Crippen molar-refractivity contribution in [3.8, 4) is 0 Å². The van der Waals surface area contributed by atoms with Gasteiger partial charge in [0.15, 0.2) is 0 Å². The van der Waals surface area contributed by atoms with Crippen LogP contribution >= 0.6 is 11.6 Å². The summed E-state index contributed by atoms with van der Waals surface area (Å²) in [5.74, 6) is -0.244. The third-order valence-electron chi connectivity index (χ3n) is 2.14. The monoisotopic (exact) mass is 272 g/mol. The maximum Gasteiger partial charge on any atom is 0.303 e. The first-order chi connectivity index (χ1) is 8.47. The van der Waals surface area contributed by atoms with Crippen LogP contribution in [0, 0.1) is 0 Å². The molecule has 0 aromatic heterocycles. The molecule has 0 aliphatic carbocycles. The zero-order valence-corrected chi connectivity index (χ0v) is 11.9. The fraction of sp³-hybridized carbons (Fsp3) is 0.500. The molecule has 2 unspecified atom stereocenters. The van der Waals surface area contributed by atoms with Crippen LogP contribution in [0.25, 0.3) is 0 Å². The Morgan fingerprint density at radius 3 is 2.28 bits per heavy atom. The second-order valence-electron chi connectivity index (χ2n) is 3.89. The lowest BCUT2D eigenvalue weighted by Gasteiger charge is -2.11. The Balaban J connectivity index is 0.000000411. The predicted molar refractivity (Wildman–Crippen MR) is 73.4 cm³/mol. The van der Waals surface area contributed by atoms with Crippen molar-refractivity contribution in [3.05, 3.63) is 35.9 Å². The molecule has 3 nitrogen and oxygen atoms in total. The molecular weight excluding hydrogens is 252 g/mol. The third kappa shape index (κ3) is 9.02. The van der Waals surface area contributed by atoms with Gasteiger partial charge in [0.2, 0.25) is 0 Å². The van der Waals surface area contributed by atoms with E-state index in [9.17, 15) is 4.79 Å². The van der Waals surface area contributed by atoms with Crippen molar-refractivity contribution in [2.75, 3.05) is 0 Å². The minimum absolute atomic E-state index is 0.149. The van der Waals surface area contributed by atoms with Gasteiger partial charge in [-0.1, -0.05) is 55.3 Å². The number of halogens is 1. The second kappa shape index (κ2) is 9.92. The molecule has 4 heteroatoms. The first kappa shape index (κ1) is 16.9. The summed E-state index contributed by atoms with van der Waals surface area (Å²) in [6.45, 7) is 5.25. The lowest BCUT2D eigenvalue weighted by Crippen LogP contribution is -2.04. The van der Waals surface area contributed by atoms with E-state index >= 15 is 0 Å². The number of rotatable bonds is 4. The third-order valence-corrected chi connectivity index (χ3v) is 2.36. The number of hydrogen-bond donors (Lipinski definition) is 1. The number of carbonyl (C=O) groups is 1. The molecule has 0 fully saturated rings. The highest BCUT2D eigenvalue weighted by Gasteiger charge is 2.06. The van der Waals surface area contributed by atoms with Crippen LogP contribution in [0.2, 0.25) is 0 Å². The minimum atomic E-state index is -0.630. The van der Waals surface area contributed by atoms with E-state index in [2.05, 4.69) is 0 Å². The fourth-order valence-corrected chi connectivity index (χ4v) is 1.50. The normalized spacial score (nSPS) is 12.9. The van der Waals surface area contributed by atoms with Crippen molar-refractivity contribution in [1.82, 2.24) is 0 Å². The highest BCUT2D eigenvalue weighted by atomic mass is 35.5. The summed E-state index contributed by atoms with van der Waals surface area (Å²) in [7, 11) is 0. The van der Waals surface area contributed by atoms with Crippen molar-refractivity contribution in [2.24, 2.45) is 0 Å². The summed E-state index contributed by atoms with van der Waals surface area (Å²) in [5, 5.41) is 8.32. The number of ether oxygens (including phenoxy) is 1. The number of carbonyl (C=O) groups excluding carboxylic acids is 1. The quantitative estimate of drug-likeness (QED) is 0.672. The molecule has 0 aliphatic rings. The minimum Gasteiger partial charge on any atom is -0.458 e. The Morgan fingerprint density at radius 2 is 1.94 bits per heavy atom. The van der Waals surface area contributed by atoms with E-state index in [1.54, 1.807) is 0 Å². The number of aliphatic hydroxyl groups is 1. The summed E-state index contributed by atoms with van der Waals surface area (Å²) in [4.78, 5) is 10.6. The van der Waals surface area contributed by atoms with E-state index in [0.29, 0.717) is 6.42 Å². The Kier molecular flexibility index (Phi) is 9.33. The lowest BCUT2D eigenvalue weighted by molar-refractivity contribution is -0.145. The summed E-state index contributed by atoms with van der Waals surface area (Å²) < 4.78 is 5.00. The van der Waals surface area contributed by atoms with Gasteiger partial charge in [-0.15, -0.1) is 0 Å². The van der Waals surface area contributed by atoms with Gasteiger partial charge in [-0.2, -0.15) is 0 Å². The first-order valence-electron chi connectivity index (χ1n) is 6.01. The van der Waals surface area contributed by atoms with Crippen LogP contribution in [0.1, 0.15) is 45.3 Å². The molecule has 18 heavy (non-hydrogen) atoms. The van der Waals surface area contributed by atoms with E-state index < -0.39 is 5.56 Å². The van der Waals surface area contributed by atoms with E-state index in [0.717, 1.165) is 12.0 Å². The molecule has 0 aliphatic heterocycles. The molecular formula is C14H21ClO3. The number of esters is 1. The summed E-state index contributed by atoms with van der Waals surface area (Å²) in [6.07, 6.45) is 1.50. The van der Waals surface area contributed by atoms with Gasteiger partial charge in [0, 0.05) is 6.92 Å². The van der Waals surface area contributed by atoms with E-state index in [1.165, 1.54) is 6.92 Å². The van der Waals surface area contributed by atoms with Crippen molar-refractivity contribution in [3.63, 3.8) is 0 Å². The number of aliphatic hydroxyl groups excluding tert-OH is 1. The van der Waals surface area contributed by atoms with Crippen molar-refractivity contribution in [2.45, 2.75) is 45.3 Å². The summed E-state index contributed by atoms with van der Waals surface area (Å²) >= 11 is 5.13. The molecule has 0 bridgehead atoms. The Hall–Kier alpha value is -1.06. The Labute approximate surface area is 114 Å². The van der Waals surface area contributed by atoms with Gasteiger partial charge in [0.1, 0.15) is 11.7 Å². The highest BCUT2D eigenvalue weighted by Crippen LogP contribution is 2.15. The molecule has 1 aromatic rings. The van der Waals surface area contributed by atoms with E-state index in [-0.39, 0.29) is 12.1 Å². The molecule has 0 heterocycles. The Bertz CT molecular complexity index is 325. The molecule has 0 saturated heterocycles. The van der Waals surface area contributed by atoms with Crippen molar-refractivity contribution in [1.29, 1.82) is 0 Å². The molecule has 1 rings (SSSR count). The smallest absolute Gasteiger partial charge is 0.303 e. The number of alkyl halides is 1. The predicted octanol–water partition coefficient (Wildman–Crippen LogP) is 3.65. The molecule has 1 aromatic carbocycles. The van der Waals surface area contributed by atoms with Crippen LogP contribution < -0.4 is 0 Å². The Morgan fingerprint density at radius 1 is 1.39 bits per heavy atom. The van der Waals surface area contributed by atoms with Crippen LogP contribution in [-0.2, 0) is 9.53 Å². The van der Waals surface area contributed by atoms with Crippen LogP contribution in [0.15, 0.2) is 30.3 Å². The zero-order valence-electron chi connectivity index (χ0n) is 11.1. The maximum absolute atomic E-state index is 10.6. The zero-order chi connectivity index (χ0) is 14.0. The first-order valence-corrected chi connectivity index (χ1v) is 6.45. The largest absolute Gasteiger partial charge is 0.458 e. The maximum atomic E-state index is 10.6. The topological polar surface area (TPSA) is 46.5 Å². The second-order valence-corrected chi connectivity index (χ2v) is 4.39. The molecule has 0 amide bonds. The van der Waals surface area contributed by atoms with Crippen LogP contribution in [0.5, 0.6) is 0 Å². The van der Waals surface area contributed by atoms with Crippen LogP contribution in [0.4, 0.5) is 0 Å². The van der Waals surface area contributed by atoms with Gasteiger partial charge in [-0.3, -0.25) is 4.79 Å². The van der Waals surface area contributed by atoms with Gasteiger partial charge in [0.25, 0.3) is 0 Å². The average molecular weight is 273 g/mol. The summed E-state index contributed by atoms with van der Waals surface area (Å²) in [6, 6.07) is 9.66. The molecule has 0 saturated carbocycles. The van der Waals surface area contributed by atoms with Gasteiger partial charge in [0.05, 0.1) is 0 Å². The molecule has 1 N–H and O–H groups in total. The van der Waals surface area contributed by atoms with E-state index in [4.69, 9.17) is 21.4 Å². The summed E-state index contributed by atoms with van der Waals surface area (Å²) in [5.41, 5.74) is 0.391. The number of benzene rings is 1. The van der Waals surface area contributed by atoms with Gasteiger partial charge in [-0.25, -0.2) is 0 Å². The molecule has 0 radical (unpaired) electrons. The average Bonchev–Trinajstić information content (AvgIpc) is 2.30. The van der Waals surface area contributed by atoms with Gasteiger partial charge in [-0.05, 0) is 18.9 Å². The molecule has 102 valence electrons. The van der Waals surface area contributed by atoms with E-state index in [1.807, 2.05) is 44.2 Å². The standard InChI is InChI=1S/C10H12O2.C4H9ClO/c1-8(12-9(2)11)10-6-4-3-5-7-10;1-2-3-4(5)6/h3-8H,1-2H3;4,6H,2-3H2,1H3. The fourth-order valence-electron chi connectivity index (χ4n) is 1.28. The SMILES string of the molecule is CC(=O)OC(C)c1ccccc1.CCCC(O)Cl.